The van der Waals surface area contributed by atoms with Gasteiger partial charge in [-0.05, 0) is 0 Å². The van der Waals surface area contributed by atoms with Crippen LogP contribution in [0, 0.1) is 0 Å². The number of aromatic nitrogens is 4. The summed E-state index contributed by atoms with van der Waals surface area (Å²) in [6, 6.07) is 0. The molecule has 2 aromatic heterocycles. The lowest BCUT2D eigenvalue weighted by molar-refractivity contribution is 0.876. The van der Waals surface area contributed by atoms with E-state index in [0.29, 0.717) is 5.95 Å². The molecule has 0 aliphatic carbocycles. The van der Waals surface area contributed by atoms with Crippen molar-refractivity contribution in [2.75, 3.05) is 38.0 Å². The molecule has 2 rings (SSSR count). The van der Waals surface area contributed by atoms with E-state index in [1.54, 1.807) is 6.20 Å². The molecule has 18 heavy (non-hydrogen) atoms. The molecular weight excluding hydrogens is 275 g/mol. The standard InChI is InChI=1S/C10H16N6.2ClH/c1-14(2)9-11-6-7-8(13-9)16(5)10(12-7)15(3)4;;/h6H,1-5H3;2*1H. The van der Waals surface area contributed by atoms with Gasteiger partial charge in [0.1, 0.15) is 5.52 Å². The highest BCUT2D eigenvalue weighted by Gasteiger charge is 2.12. The molecule has 0 atom stereocenters. The maximum atomic E-state index is 4.47. The van der Waals surface area contributed by atoms with Crippen LogP contribution in [0.5, 0.6) is 0 Å². The number of hydrogen-bond donors (Lipinski definition) is 0. The van der Waals surface area contributed by atoms with Gasteiger partial charge in [0, 0.05) is 35.2 Å². The monoisotopic (exact) mass is 292 g/mol. The number of anilines is 2. The van der Waals surface area contributed by atoms with Gasteiger partial charge in [0.25, 0.3) is 0 Å². The fraction of sp³-hybridized carbons (Fsp3) is 0.500. The minimum Gasteiger partial charge on any atom is -0.348 e. The van der Waals surface area contributed by atoms with Gasteiger partial charge in [-0.15, -0.1) is 24.8 Å². The molecule has 0 saturated heterocycles. The fourth-order valence-corrected chi connectivity index (χ4v) is 1.58. The first kappa shape index (κ1) is 16.7. The van der Waals surface area contributed by atoms with Crippen molar-refractivity contribution < 1.29 is 0 Å². The van der Waals surface area contributed by atoms with Gasteiger partial charge in [0.05, 0.1) is 6.20 Å². The minimum absolute atomic E-state index is 0. The number of aryl methyl sites for hydroxylation is 1. The lowest BCUT2D eigenvalue weighted by Crippen LogP contribution is -2.14. The predicted octanol–water partition coefficient (Wildman–Crippen LogP) is 1.34. The first-order valence-corrected chi connectivity index (χ1v) is 5.05. The van der Waals surface area contributed by atoms with Crippen LogP contribution in [0.2, 0.25) is 0 Å². The minimum atomic E-state index is 0. The zero-order chi connectivity index (χ0) is 11.9. The number of halogens is 2. The fourth-order valence-electron chi connectivity index (χ4n) is 1.58. The Morgan fingerprint density at radius 2 is 1.61 bits per heavy atom. The molecule has 2 aromatic rings. The molecule has 2 heterocycles. The Labute approximate surface area is 119 Å². The van der Waals surface area contributed by atoms with E-state index in [2.05, 4.69) is 15.0 Å². The van der Waals surface area contributed by atoms with E-state index < -0.39 is 0 Å². The molecule has 0 spiro atoms. The quantitative estimate of drug-likeness (QED) is 0.836. The molecule has 0 saturated carbocycles. The van der Waals surface area contributed by atoms with Crippen LogP contribution in [0.3, 0.4) is 0 Å². The number of fused-ring (bicyclic) bond motifs is 1. The average molecular weight is 293 g/mol. The Morgan fingerprint density at radius 1 is 1.00 bits per heavy atom. The molecule has 0 radical (unpaired) electrons. The van der Waals surface area contributed by atoms with Gasteiger partial charge >= 0.3 is 0 Å². The van der Waals surface area contributed by atoms with Gasteiger partial charge in [-0.1, -0.05) is 0 Å². The van der Waals surface area contributed by atoms with Crippen molar-refractivity contribution in [3.63, 3.8) is 0 Å². The van der Waals surface area contributed by atoms with Crippen LogP contribution < -0.4 is 9.80 Å². The number of imidazole rings is 1. The second kappa shape index (κ2) is 6.06. The molecule has 8 heteroatoms. The molecule has 0 unspecified atom stereocenters. The molecule has 102 valence electrons. The van der Waals surface area contributed by atoms with E-state index in [0.717, 1.165) is 17.1 Å². The number of nitrogens with zero attached hydrogens (tertiary/aromatic N) is 6. The van der Waals surface area contributed by atoms with Crippen LogP contribution >= 0.6 is 24.8 Å². The van der Waals surface area contributed by atoms with Crippen molar-refractivity contribution in [1.82, 2.24) is 19.5 Å². The highest BCUT2D eigenvalue weighted by atomic mass is 35.5. The summed E-state index contributed by atoms with van der Waals surface area (Å²) in [5.74, 6) is 1.57. The van der Waals surface area contributed by atoms with Crippen LogP contribution in [0.1, 0.15) is 0 Å². The van der Waals surface area contributed by atoms with Crippen LogP contribution in [-0.2, 0) is 7.05 Å². The zero-order valence-corrected chi connectivity index (χ0v) is 12.7. The third-order valence-electron chi connectivity index (χ3n) is 2.38. The molecule has 0 aliphatic rings. The normalized spacial score (nSPS) is 9.61. The highest BCUT2D eigenvalue weighted by Crippen LogP contribution is 2.18. The van der Waals surface area contributed by atoms with Gasteiger partial charge in [0.2, 0.25) is 11.9 Å². The van der Waals surface area contributed by atoms with Gasteiger partial charge in [-0.3, -0.25) is 4.57 Å². The average Bonchev–Trinajstić information content (AvgIpc) is 2.56. The van der Waals surface area contributed by atoms with Gasteiger partial charge in [-0.2, -0.15) is 4.98 Å². The summed E-state index contributed by atoms with van der Waals surface area (Å²) in [5, 5.41) is 0. The summed E-state index contributed by atoms with van der Waals surface area (Å²) in [5.41, 5.74) is 1.67. The lowest BCUT2D eigenvalue weighted by atomic mass is 10.5. The Bertz CT molecular complexity index is 522. The van der Waals surface area contributed by atoms with Crippen LogP contribution in [0.4, 0.5) is 11.9 Å². The summed E-state index contributed by atoms with van der Waals surface area (Å²) in [7, 11) is 9.72. The summed E-state index contributed by atoms with van der Waals surface area (Å²) in [6.45, 7) is 0. The third-order valence-corrected chi connectivity index (χ3v) is 2.38. The largest absolute Gasteiger partial charge is 0.348 e. The molecule has 0 aliphatic heterocycles. The molecule has 0 N–H and O–H groups in total. The summed E-state index contributed by atoms with van der Waals surface area (Å²) >= 11 is 0. The Morgan fingerprint density at radius 3 is 2.11 bits per heavy atom. The van der Waals surface area contributed by atoms with Crippen molar-refractivity contribution in [2.45, 2.75) is 0 Å². The maximum absolute atomic E-state index is 4.47. The van der Waals surface area contributed by atoms with E-state index in [1.165, 1.54) is 0 Å². The second-order valence-corrected chi connectivity index (χ2v) is 4.14. The summed E-state index contributed by atoms with van der Waals surface area (Å²) in [4.78, 5) is 17.0. The van der Waals surface area contributed by atoms with Crippen LogP contribution in [0.15, 0.2) is 6.20 Å². The Balaban J connectivity index is 0.00000144. The van der Waals surface area contributed by atoms with Gasteiger partial charge in [-0.25, -0.2) is 9.97 Å². The number of rotatable bonds is 2. The lowest BCUT2D eigenvalue weighted by Gasteiger charge is -2.11. The van der Waals surface area contributed by atoms with Crippen molar-refractivity contribution in [3.05, 3.63) is 6.20 Å². The first-order chi connectivity index (χ1) is 7.50. The van der Waals surface area contributed by atoms with E-state index in [1.807, 2.05) is 49.6 Å². The highest BCUT2D eigenvalue weighted by molar-refractivity contribution is 5.85. The zero-order valence-electron chi connectivity index (χ0n) is 11.1. The van der Waals surface area contributed by atoms with E-state index >= 15 is 0 Å². The summed E-state index contributed by atoms with van der Waals surface area (Å²) in [6.07, 6.45) is 1.75. The van der Waals surface area contributed by atoms with E-state index in [4.69, 9.17) is 0 Å². The first-order valence-electron chi connectivity index (χ1n) is 5.05. The van der Waals surface area contributed by atoms with Crippen molar-refractivity contribution >= 4 is 47.9 Å². The van der Waals surface area contributed by atoms with Crippen molar-refractivity contribution in [2.24, 2.45) is 7.05 Å². The molecule has 0 aromatic carbocycles. The van der Waals surface area contributed by atoms with E-state index in [-0.39, 0.29) is 24.8 Å². The van der Waals surface area contributed by atoms with Crippen LogP contribution in [-0.4, -0.2) is 47.7 Å². The smallest absolute Gasteiger partial charge is 0.226 e. The SMILES string of the molecule is CN(C)c1ncc2nc(N(C)C)n(C)c2n1.Cl.Cl. The van der Waals surface area contributed by atoms with Crippen molar-refractivity contribution in [3.8, 4) is 0 Å². The predicted molar refractivity (Wildman–Crippen MR) is 79.5 cm³/mol. The van der Waals surface area contributed by atoms with Gasteiger partial charge < -0.3 is 9.80 Å². The maximum Gasteiger partial charge on any atom is 0.226 e. The Kier molecular flexibility index (Phi) is 5.63. The third kappa shape index (κ3) is 2.76. The second-order valence-electron chi connectivity index (χ2n) is 4.14. The number of hydrogen-bond acceptors (Lipinski definition) is 5. The van der Waals surface area contributed by atoms with Crippen LogP contribution in [0.25, 0.3) is 11.2 Å². The topological polar surface area (TPSA) is 50.1 Å². The van der Waals surface area contributed by atoms with Gasteiger partial charge in [0.15, 0.2) is 5.65 Å². The summed E-state index contributed by atoms with van der Waals surface area (Å²) < 4.78 is 1.96. The molecular formula is C10H18Cl2N6. The Hall–Kier alpha value is -1.27. The van der Waals surface area contributed by atoms with E-state index in [9.17, 15) is 0 Å². The molecule has 0 fully saturated rings. The molecule has 6 nitrogen and oxygen atoms in total. The molecule has 0 amide bonds. The van der Waals surface area contributed by atoms with Crippen molar-refractivity contribution in [1.29, 1.82) is 0 Å². The molecule has 0 bridgehead atoms.